The summed E-state index contributed by atoms with van der Waals surface area (Å²) in [5.74, 6) is -0.0838. The van der Waals surface area contributed by atoms with Gasteiger partial charge in [-0.25, -0.2) is 0 Å². The Hall–Kier alpha value is -1.35. The summed E-state index contributed by atoms with van der Waals surface area (Å²) in [6, 6.07) is 4.12. The predicted molar refractivity (Wildman–Crippen MR) is 77.3 cm³/mol. The van der Waals surface area contributed by atoms with Crippen molar-refractivity contribution in [2.45, 2.75) is 58.5 Å². The summed E-state index contributed by atoms with van der Waals surface area (Å²) in [6.07, 6.45) is 3.73. The summed E-state index contributed by atoms with van der Waals surface area (Å²) in [6.45, 7) is 6.05. The SMILES string of the molecule is Cc1cc(C)c(NC(=O)CC2(O)CCCC2)c(C)c1. The Bertz CT molecular complexity index is 465. The van der Waals surface area contributed by atoms with Gasteiger partial charge in [0.05, 0.1) is 12.0 Å². The molecule has 1 aromatic carbocycles. The van der Waals surface area contributed by atoms with Gasteiger partial charge in [-0.1, -0.05) is 30.5 Å². The Morgan fingerprint density at radius 2 is 1.74 bits per heavy atom. The molecule has 0 saturated heterocycles. The quantitative estimate of drug-likeness (QED) is 0.877. The summed E-state index contributed by atoms with van der Waals surface area (Å²) in [4.78, 5) is 12.1. The molecule has 2 N–H and O–H groups in total. The maximum Gasteiger partial charge on any atom is 0.227 e. The Kier molecular flexibility index (Phi) is 3.95. The Balaban J connectivity index is 2.07. The van der Waals surface area contributed by atoms with Gasteiger partial charge in [-0.15, -0.1) is 0 Å². The molecule has 0 radical (unpaired) electrons. The topological polar surface area (TPSA) is 49.3 Å². The number of carbonyl (C=O) groups excluding carboxylic acids is 1. The molecule has 0 aliphatic heterocycles. The van der Waals surface area contributed by atoms with Gasteiger partial charge < -0.3 is 10.4 Å². The van der Waals surface area contributed by atoms with E-state index >= 15 is 0 Å². The highest BCUT2D eigenvalue weighted by Crippen LogP contribution is 2.33. The molecule has 0 aromatic heterocycles. The lowest BCUT2D eigenvalue weighted by Gasteiger charge is -2.22. The molecule has 2 rings (SSSR count). The van der Waals surface area contributed by atoms with E-state index in [0.29, 0.717) is 0 Å². The van der Waals surface area contributed by atoms with Crippen molar-refractivity contribution in [3.63, 3.8) is 0 Å². The molecule has 1 fully saturated rings. The van der Waals surface area contributed by atoms with Crippen LogP contribution in [0.25, 0.3) is 0 Å². The van der Waals surface area contributed by atoms with Crippen LogP contribution in [0.3, 0.4) is 0 Å². The largest absolute Gasteiger partial charge is 0.389 e. The molecule has 3 nitrogen and oxygen atoms in total. The average Bonchev–Trinajstić information content (AvgIpc) is 2.70. The third-order valence-corrected chi connectivity index (χ3v) is 3.97. The fourth-order valence-electron chi connectivity index (χ4n) is 3.07. The normalized spacial score (nSPS) is 17.5. The summed E-state index contributed by atoms with van der Waals surface area (Å²) in [5, 5.41) is 13.2. The van der Waals surface area contributed by atoms with E-state index in [1.54, 1.807) is 0 Å². The van der Waals surface area contributed by atoms with Crippen molar-refractivity contribution in [1.82, 2.24) is 0 Å². The van der Waals surface area contributed by atoms with E-state index in [1.165, 1.54) is 5.56 Å². The highest BCUT2D eigenvalue weighted by molar-refractivity contribution is 5.93. The number of hydrogen-bond acceptors (Lipinski definition) is 2. The number of carbonyl (C=O) groups is 1. The lowest BCUT2D eigenvalue weighted by molar-refractivity contribution is -0.120. The van der Waals surface area contributed by atoms with Gasteiger partial charge in [-0.05, 0) is 44.7 Å². The van der Waals surface area contributed by atoms with Crippen molar-refractivity contribution in [2.24, 2.45) is 0 Å². The molecule has 0 bridgehead atoms. The van der Waals surface area contributed by atoms with Crippen LogP contribution in [0.15, 0.2) is 12.1 Å². The van der Waals surface area contributed by atoms with Gasteiger partial charge in [-0.3, -0.25) is 4.79 Å². The lowest BCUT2D eigenvalue weighted by Crippen LogP contribution is -2.31. The molecule has 1 amide bonds. The van der Waals surface area contributed by atoms with Crippen LogP contribution in [0.2, 0.25) is 0 Å². The van der Waals surface area contributed by atoms with Crippen LogP contribution in [0, 0.1) is 20.8 Å². The fourth-order valence-corrected chi connectivity index (χ4v) is 3.07. The molecular formula is C16H23NO2. The second-order valence-electron chi connectivity index (χ2n) is 5.93. The van der Waals surface area contributed by atoms with Crippen molar-refractivity contribution in [3.8, 4) is 0 Å². The molecule has 1 saturated carbocycles. The average molecular weight is 261 g/mol. The number of benzene rings is 1. The highest BCUT2D eigenvalue weighted by Gasteiger charge is 2.33. The molecular weight excluding hydrogens is 238 g/mol. The summed E-state index contributed by atoms with van der Waals surface area (Å²) < 4.78 is 0. The highest BCUT2D eigenvalue weighted by atomic mass is 16.3. The molecule has 104 valence electrons. The molecule has 19 heavy (non-hydrogen) atoms. The van der Waals surface area contributed by atoms with E-state index in [2.05, 4.69) is 17.4 Å². The minimum Gasteiger partial charge on any atom is -0.389 e. The molecule has 3 heteroatoms. The summed E-state index contributed by atoms with van der Waals surface area (Å²) >= 11 is 0. The first-order valence-corrected chi connectivity index (χ1v) is 7.00. The maximum absolute atomic E-state index is 12.1. The zero-order chi connectivity index (χ0) is 14.0. The van der Waals surface area contributed by atoms with Crippen LogP contribution in [-0.2, 0) is 4.79 Å². The number of amides is 1. The van der Waals surface area contributed by atoms with Crippen LogP contribution in [0.4, 0.5) is 5.69 Å². The van der Waals surface area contributed by atoms with E-state index < -0.39 is 5.60 Å². The van der Waals surface area contributed by atoms with Crippen LogP contribution >= 0.6 is 0 Å². The van der Waals surface area contributed by atoms with Crippen LogP contribution in [0.1, 0.15) is 48.8 Å². The number of nitrogens with one attached hydrogen (secondary N) is 1. The standard InChI is InChI=1S/C16H23NO2/c1-11-8-12(2)15(13(3)9-11)17-14(18)10-16(19)6-4-5-7-16/h8-9,19H,4-7,10H2,1-3H3,(H,17,18). The molecule has 1 aliphatic carbocycles. The zero-order valence-corrected chi connectivity index (χ0v) is 12.0. The molecule has 0 atom stereocenters. The van der Waals surface area contributed by atoms with Crippen molar-refractivity contribution in [1.29, 1.82) is 0 Å². The molecule has 1 aliphatic rings. The van der Waals surface area contributed by atoms with E-state index in [4.69, 9.17) is 0 Å². The predicted octanol–water partition coefficient (Wildman–Crippen LogP) is 3.25. The lowest BCUT2D eigenvalue weighted by atomic mass is 9.97. The van der Waals surface area contributed by atoms with Crippen LogP contribution < -0.4 is 5.32 Å². The van der Waals surface area contributed by atoms with E-state index in [1.807, 2.05) is 20.8 Å². The van der Waals surface area contributed by atoms with Gasteiger partial charge in [0.1, 0.15) is 0 Å². The third-order valence-electron chi connectivity index (χ3n) is 3.97. The van der Waals surface area contributed by atoms with Gasteiger partial charge in [0.25, 0.3) is 0 Å². The molecule has 0 spiro atoms. The second-order valence-corrected chi connectivity index (χ2v) is 5.93. The number of anilines is 1. The first-order valence-electron chi connectivity index (χ1n) is 7.00. The van der Waals surface area contributed by atoms with Crippen molar-refractivity contribution in [2.75, 3.05) is 5.32 Å². The first kappa shape index (κ1) is 14.1. The van der Waals surface area contributed by atoms with E-state index in [0.717, 1.165) is 42.5 Å². The van der Waals surface area contributed by atoms with Gasteiger partial charge in [0.15, 0.2) is 0 Å². The van der Waals surface area contributed by atoms with E-state index in [-0.39, 0.29) is 12.3 Å². The maximum atomic E-state index is 12.1. The summed E-state index contributed by atoms with van der Waals surface area (Å²) in [7, 11) is 0. The van der Waals surface area contributed by atoms with Crippen molar-refractivity contribution in [3.05, 3.63) is 28.8 Å². The van der Waals surface area contributed by atoms with Gasteiger partial charge in [-0.2, -0.15) is 0 Å². The minimum atomic E-state index is -0.781. The first-order chi connectivity index (χ1) is 8.89. The second kappa shape index (κ2) is 5.33. The molecule has 0 unspecified atom stereocenters. The Morgan fingerprint density at radius 1 is 1.21 bits per heavy atom. The minimum absolute atomic E-state index is 0.0838. The fraction of sp³-hybridized carbons (Fsp3) is 0.562. The number of hydrogen-bond donors (Lipinski definition) is 2. The third kappa shape index (κ3) is 3.35. The van der Waals surface area contributed by atoms with Gasteiger partial charge in [0.2, 0.25) is 5.91 Å². The molecule has 1 aromatic rings. The number of rotatable bonds is 3. The van der Waals surface area contributed by atoms with Gasteiger partial charge in [0, 0.05) is 5.69 Å². The Labute approximate surface area is 115 Å². The van der Waals surface area contributed by atoms with Crippen LogP contribution in [0.5, 0.6) is 0 Å². The molecule has 0 heterocycles. The van der Waals surface area contributed by atoms with Crippen molar-refractivity contribution >= 4 is 11.6 Å². The number of aryl methyl sites for hydroxylation is 3. The summed E-state index contributed by atoms with van der Waals surface area (Å²) in [5.41, 5.74) is 3.45. The van der Waals surface area contributed by atoms with Gasteiger partial charge >= 0.3 is 0 Å². The zero-order valence-electron chi connectivity index (χ0n) is 12.0. The van der Waals surface area contributed by atoms with E-state index in [9.17, 15) is 9.90 Å². The monoisotopic (exact) mass is 261 g/mol. The Morgan fingerprint density at radius 3 is 2.26 bits per heavy atom. The van der Waals surface area contributed by atoms with Crippen LogP contribution in [-0.4, -0.2) is 16.6 Å². The number of aliphatic hydroxyl groups is 1. The van der Waals surface area contributed by atoms with Crippen molar-refractivity contribution < 1.29 is 9.90 Å². The smallest absolute Gasteiger partial charge is 0.227 e.